The molecule has 0 fully saturated rings. The first kappa shape index (κ1) is 9.05. The average molecular weight is 186 g/mol. The Balaban J connectivity index is 2.56. The molecule has 2 N–H and O–H groups in total. The Hall–Kier alpha value is -1.04. The van der Waals surface area contributed by atoms with E-state index < -0.39 is 0 Å². The first-order valence-electron chi connectivity index (χ1n) is 3.53. The van der Waals surface area contributed by atoms with Gasteiger partial charge in [0.05, 0.1) is 5.75 Å². The van der Waals surface area contributed by atoms with E-state index in [1.807, 2.05) is 11.5 Å². The second-order valence-electron chi connectivity index (χ2n) is 2.15. The summed E-state index contributed by atoms with van der Waals surface area (Å²) in [7, 11) is 0. The third-order valence-electron chi connectivity index (χ3n) is 1.26. The lowest BCUT2D eigenvalue weighted by Crippen LogP contribution is -2.13. The van der Waals surface area contributed by atoms with Crippen LogP contribution in [-0.2, 0) is 11.3 Å². The second kappa shape index (κ2) is 4.10. The van der Waals surface area contributed by atoms with E-state index in [1.165, 1.54) is 11.8 Å². The predicted molar refractivity (Wildman–Crippen MR) is 45.6 cm³/mol. The molecule has 0 saturated carbocycles. The molecule has 5 nitrogen and oxygen atoms in total. The third kappa shape index (κ3) is 2.23. The van der Waals surface area contributed by atoms with Gasteiger partial charge in [-0.1, -0.05) is 11.8 Å². The van der Waals surface area contributed by atoms with Crippen molar-refractivity contribution in [2.45, 2.75) is 18.6 Å². The molecule has 0 saturated heterocycles. The number of nitrogens with two attached hydrogens (primary N) is 1. The van der Waals surface area contributed by atoms with Crippen LogP contribution in [0, 0.1) is 0 Å². The van der Waals surface area contributed by atoms with Crippen LogP contribution in [-0.4, -0.2) is 26.4 Å². The monoisotopic (exact) mass is 186 g/mol. The van der Waals surface area contributed by atoms with Crippen LogP contribution in [0.3, 0.4) is 0 Å². The van der Waals surface area contributed by atoms with Crippen molar-refractivity contribution in [3.63, 3.8) is 0 Å². The highest BCUT2D eigenvalue weighted by Crippen LogP contribution is 2.13. The molecular formula is C6H10N4OS. The summed E-state index contributed by atoms with van der Waals surface area (Å²) in [5.41, 5.74) is 4.98. The van der Waals surface area contributed by atoms with Crippen LogP contribution in [0.1, 0.15) is 6.92 Å². The van der Waals surface area contributed by atoms with Gasteiger partial charge in [-0.3, -0.25) is 4.79 Å². The number of rotatable bonds is 4. The highest BCUT2D eigenvalue weighted by molar-refractivity contribution is 7.99. The Morgan fingerprint density at radius 2 is 2.58 bits per heavy atom. The third-order valence-corrected chi connectivity index (χ3v) is 2.27. The summed E-state index contributed by atoms with van der Waals surface area (Å²) in [5.74, 6) is -0.0933. The van der Waals surface area contributed by atoms with Gasteiger partial charge in [-0.2, -0.15) is 0 Å². The van der Waals surface area contributed by atoms with Gasteiger partial charge in [-0.05, 0) is 6.92 Å². The van der Waals surface area contributed by atoms with Gasteiger partial charge in [0.15, 0.2) is 5.16 Å². The van der Waals surface area contributed by atoms with Gasteiger partial charge in [-0.15, -0.1) is 10.2 Å². The number of aryl methyl sites for hydroxylation is 1. The maximum Gasteiger partial charge on any atom is 0.227 e. The Bertz CT molecular complexity index is 272. The first-order valence-corrected chi connectivity index (χ1v) is 4.51. The van der Waals surface area contributed by atoms with E-state index in [2.05, 4.69) is 10.2 Å². The summed E-state index contributed by atoms with van der Waals surface area (Å²) in [6.07, 6.45) is 1.63. The Labute approximate surface area is 74.3 Å². The average Bonchev–Trinajstić information content (AvgIpc) is 2.47. The van der Waals surface area contributed by atoms with Crippen LogP contribution in [0.2, 0.25) is 0 Å². The molecule has 0 aromatic carbocycles. The first-order chi connectivity index (χ1) is 5.74. The van der Waals surface area contributed by atoms with Crippen molar-refractivity contribution in [2.75, 3.05) is 5.75 Å². The minimum absolute atomic E-state index is 0.249. The number of thioether (sulfide) groups is 1. The molecule has 6 heteroatoms. The Morgan fingerprint density at radius 1 is 1.83 bits per heavy atom. The second-order valence-corrected chi connectivity index (χ2v) is 3.10. The van der Waals surface area contributed by atoms with Gasteiger partial charge in [-0.25, -0.2) is 0 Å². The predicted octanol–water partition coefficient (Wildman–Crippen LogP) is -0.125. The molecule has 1 aromatic rings. The van der Waals surface area contributed by atoms with Gasteiger partial charge in [0.1, 0.15) is 6.33 Å². The minimum Gasteiger partial charge on any atom is -0.369 e. The molecule has 66 valence electrons. The molecule has 0 spiro atoms. The summed E-state index contributed by atoms with van der Waals surface area (Å²) >= 11 is 1.30. The highest BCUT2D eigenvalue weighted by atomic mass is 32.2. The quantitative estimate of drug-likeness (QED) is 0.665. The number of amides is 1. The fraction of sp³-hybridized carbons (Fsp3) is 0.500. The molecule has 1 rings (SSSR count). The number of nitrogens with zero attached hydrogens (tertiary/aromatic N) is 3. The normalized spacial score (nSPS) is 10.1. The number of aromatic nitrogens is 3. The van der Waals surface area contributed by atoms with E-state index in [9.17, 15) is 4.79 Å². The topological polar surface area (TPSA) is 73.8 Å². The van der Waals surface area contributed by atoms with Crippen LogP contribution in [0.5, 0.6) is 0 Å². The van der Waals surface area contributed by atoms with Crippen molar-refractivity contribution in [3.05, 3.63) is 6.33 Å². The van der Waals surface area contributed by atoms with E-state index in [4.69, 9.17) is 5.73 Å². The number of primary amides is 1. The van der Waals surface area contributed by atoms with Gasteiger partial charge in [0, 0.05) is 6.54 Å². The molecule has 0 bridgehead atoms. The summed E-state index contributed by atoms with van der Waals surface area (Å²) in [6.45, 7) is 2.78. The van der Waals surface area contributed by atoms with Crippen molar-refractivity contribution in [1.82, 2.24) is 14.8 Å². The standard InChI is InChI=1S/C6H10N4OS/c1-2-10-4-8-9-6(10)12-3-5(7)11/h4H,2-3H2,1H3,(H2,7,11). The molecule has 0 radical (unpaired) electrons. The van der Waals surface area contributed by atoms with Crippen LogP contribution in [0.15, 0.2) is 11.5 Å². The summed E-state index contributed by atoms with van der Waals surface area (Å²) in [5, 5.41) is 8.27. The Morgan fingerprint density at radius 3 is 3.17 bits per heavy atom. The minimum atomic E-state index is -0.342. The van der Waals surface area contributed by atoms with E-state index in [1.54, 1.807) is 6.33 Å². The van der Waals surface area contributed by atoms with Gasteiger partial charge in [0.25, 0.3) is 0 Å². The van der Waals surface area contributed by atoms with Crippen LogP contribution in [0.25, 0.3) is 0 Å². The lowest BCUT2D eigenvalue weighted by molar-refractivity contribution is -0.115. The van der Waals surface area contributed by atoms with Crippen LogP contribution in [0.4, 0.5) is 0 Å². The molecule has 0 atom stereocenters. The van der Waals surface area contributed by atoms with Crippen molar-refractivity contribution < 1.29 is 4.79 Å². The fourth-order valence-corrected chi connectivity index (χ4v) is 1.43. The maximum atomic E-state index is 10.4. The lowest BCUT2D eigenvalue weighted by Gasteiger charge is -1.99. The molecule has 0 aliphatic carbocycles. The van der Waals surface area contributed by atoms with Crippen LogP contribution < -0.4 is 5.73 Å². The van der Waals surface area contributed by atoms with Gasteiger partial charge >= 0.3 is 0 Å². The SMILES string of the molecule is CCn1cnnc1SCC(N)=O. The fourth-order valence-electron chi connectivity index (χ4n) is 0.709. The zero-order valence-corrected chi connectivity index (χ0v) is 7.54. The van der Waals surface area contributed by atoms with Gasteiger partial charge in [0.2, 0.25) is 5.91 Å². The van der Waals surface area contributed by atoms with E-state index >= 15 is 0 Å². The van der Waals surface area contributed by atoms with E-state index in [0.29, 0.717) is 0 Å². The molecular weight excluding hydrogens is 176 g/mol. The Kier molecular flexibility index (Phi) is 3.09. The molecule has 0 unspecified atom stereocenters. The number of carbonyl (C=O) groups is 1. The van der Waals surface area contributed by atoms with E-state index in [-0.39, 0.29) is 11.7 Å². The summed E-state index contributed by atoms with van der Waals surface area (Å²) in [6, 6.07) is 0. The molecule has 0 aliphatic rings. The largest absolute Gasteiger partial charge is 0.369 e. The maximum absolute atomic E-state index is 10.4. The number of hydrogen-bond donors (Lipinski definition) is 1. The highest BCUT2D eigenvalue weighted by Gasteiger charge is 2.04. The zero-order chi connectivity index (χ0) is 8.97. The number of carbonyl (C=O) groups excluding carboxylic acids is 1. The smallest absolute Gasteiger partial charge is 0.227 e. The van der Waals surface area contributed by atoms with E-state index in [0.717, 1.165) is 11.7 Å². The van der Waals surface area contributed by atoms with Crippen LogP contribution >= 0.6 is 11.8 Å². The van der Waals surface area contributed by atoms with Crippen molar-refractivity contribution in [3.8, 4) is 0 Å². The molecule has 12 heavy (non-hydrogen) atoms. The van der Waals surface area contributed by atoms with Crippen molar-refractivity contribution in [1.29, 1.82) is 0 Å². The molecule has 1 aromatic heterocycles. The summed E-state index contributed by atoms with van der Waals surface area (Å²) < 4.78 is 1.85. The van der Waals surface area contributed by atoms with Crippen molar-refractivity contribution >= 4 is 17.7 Å². The molecule has 1 heterocycles. The van der Waals surface area contributed by atoms with Crippen molar-refractivity contribution in [2.24, 2.45) is 5.73 Å². The zero-order valence-electron chi connectivity index (χ0n) is 6.73. The molecule has 0 aliphatic heterocycles. The lowest BCUT2D eigenvalue weighted by atomic mass is 10.7. The number of hydrogen-bond acceptors (Lipinski definition) is 4. The summed E-state index contributed by atoms with van der Waals surface area (Å²) in [4.78, 5) is 10.4. The van der Waals surface area contributed by atoms with Gasteiger partial charge < -0.3 is 10.3 Å². The molecule has 1 amide bonds.